The molecule has 0 unspecified atom stereocenters. The molecule has 0 aliphatic carbocycles. The van der Waals surface area contributed by atoms with Crippen LogP contribution in [0.15, 0.2) is 17.3 Å². The lowest BCUT2D eigenvalue weighted by atomic mass is 10.2. The number of nitrogens with zero attached hydrogens (tertiary/aromatic N) is 3. The fraction of sp³-hybridized carbons (Fsp3) is 0.417. The molecule has 2 aromatic heterocycles. The van der Waals surface area contributed by atoms with Gasteiger partial charge in [0.25, 0.3) is 5.56 Å². The largest absolute Gasteiger partial charge is 0.409 e. The predicted molar refractivity (Wildman–Crippen MR) is 77.6 cm³/mol. The van der Waals surface area contributed by atoms with Crippen molar-refractivity contribution in [3.05, 3.63) is 32.0 Å². The summed E-state index contributed by atoms with van der Waals surface area (Å²) in [5.74, 6) is 0. The third-order valence-electron chi connectivity index (χ3n) is 2.67. The quantitative estimate of drug-likeness (QED) is 0.619. The van der Waals surface area contributed by atoms with Crippen molar-refractivity contribution >= 4 is 33.6 Å². The highest BCUT2D eigenvalue weighted by Crippen LogP contribution is 2.18. The van der Waals surface area contributed by atoms with Crippen LogP contribution in [-0.2, 0) is 0 Å². The van der Waals surface area contributed by atoms with Crippen LogP contribution in [-0.4, -0.2) is 21.3 Å². The van der Waals surface area contributed by atoms with Gasteiger partial charge in [-0.1, -0.05) is 13.3 Å². The molecule has 0 N–H and O–H groups in total. The summed E-state index contributed by atoms with van der Waals surface area (Å²) in [6.45, 7) is 4.37. The van der Waals surface area contributed by atoms with Crippen molar-refractivity contribution in [3.8, 4) is 0 Å². The van der Waals surface area contributed by atoms with Crippen LogP contribution in [0.25, 0.3) is 11.0 Å². The molecule has 0 bridgehead atoms. The van der Waals surface area contributed by atoms with Crippen LogP contribution < -0.4 is 10.4 Å². The molecular formula is C12H14IN3O2. The molecule has 2 aromatic rings. The van der Waals surface area contributed by atoms with E-state index in [0.29, 0.717) is 17.8 Å². The molecule has 0 spiro atoms. The molecule has 0 aliphatic heterocycles. The average Bonchev–Trinajstić information content (AvgIpc) is 2.40. The van der Waals surface area contributed by atoms with Gasteiger partial charge in [0.1, 0.15) is 12.9 Å². The average molecular weight is 359 g/mol. The maximum Gasteiger partial charge on any atom is 0.289 e. The van der Waals surface area contributed by atoms with E-state index in [1.54, 1.807) is 13.1 Å². The highest BCUT2D eigenvalue weighted by molar-refractivity contribution is 14.1. The maximum atomic E-state index is 12.2. The second kappa shape index (κ2) is 5.64. The SMILES string of the molecule is CCCCOn1c(=O)c(C)c(I)c2cncnc21. The van der Waals surface area contributed by atoms with Gasteiger partial charge < -0.3 is 4.84 Å². The predicted octanol–water partition coefficient (Wildman–Crippen LogP) is 1.93. The fourth-order valence-electron chi connectivity index (χ4n) is 1.60. The van der Waals surface area contributed by atoms with Gasteiger partial charge >= 0.3 is 0 Å². The smallest absolute Gasteiger partial charge is 0.289 e. The number of halogens is 1. The van der Waals surface area contributed by atoms with E-state index >= 15 is 0 Å². The summed E-state index contributed by atoms with van der Waals surface area (Å²) in [6.07, 6.45) is 5.05. The van der Waals surface area contributed by atoms with E-state index in [-0.39, 0.29) is 5.56 Å². The maximum absolute atomic E-state index is 12.2. The molecular weight excluding hydrogens is 345 g/mol. The van der Waals surface area contributed by atoms with Gasteiger partial charge in [0, 0.05) is 15.3 Å². The van der Waals surface area contributed by atoms with Gasteiger partial charge in [0.05, 0.1) is 5.39 Å². The van der Waals surface area contributed by atoms with Gasteiger partial charge in [-0.3, -0.25) is 4.79 Å². The molecule has 18 heavy (non-hydrogen) atoms. The van der Waals surface area contributed by atoms with E-state index in [0.717, 1.165) is 21.8 Å². The Bertz CT molecular complexity index is 624. The molecule has 0 aromatic carbocycles. The normalized spacial score (nSPS) is 10.8. The number of unbranched alkanes of at least 4 members (excludes halogenated alkanes) is 1. The molecule has 0 aliphatic rings. The standard InChI is InChI=1S/C12H14IN3O2/c1-3-4-5-18-16-11-9(6-14-7-15-11)10(13)8(2)12(16)17/h6-7H,3-5H2,1-2H3. The van der Waals surface area contributed by atoms with Gasteiger partial charge in [-0.25, -0.2) is 9.97 Å². The molecule has 0 fully saturated rings. The van der Waals surface area contributed by atoms with Crippen LogP contribution in [0, 0.1) is 10.5 Å². The van der Waals surface area contributed by atoms with Gasteiger partial charge in [-0.15, -0.1) is 4.73 Å². The molecule has 96 valence electrons. The molecule has 5 nitrogen and oxygen atoms in total. The Morgan fingerprint density at radius 2 is 2.28 bits per heavy atom. The first-order valence-electron chi connectivity index (χ1n) is 5.81. The summed E-state index contributed by atoms with van der Waals surface area (Å²) in [7, 11) is 0. The molecule has 0 saturated carbocycles. The Labute approximate surface area is 118 Å². The lowest BCUT2D eigenvalue weighted by Gasteiger charge is -2.12. The summed E-state index contributed by atoms with van der Waals surface area (Å²) in [6, 6.07) is 0. The summed E-state index contributed by atoms with van der Waals surface area (Å²) < 4.78 is 2.16. The van der Waals surface area contributed by atoms with E-state index in [1.165, 1.54) is 11.1 Å². The molecule has 0 saturated heterocycles. The zero-order chi connectivity index (χ0) is 13.1. The minimum Gasteiger partial charge on any atom is -0.409 e. The van der Waals surface area contributed by atoms with Crippen molar-refractivity contribution in [1.82, 2.24) is 14.7 Å². The molecule has 2 heterocycles. The zero-order valence-corrected chi connectivity index (χ0v) is 12.5. The topological polar surface area (TPSA) is 57.0 Å². The Kier molecular flexibility index (Phi) is 4.15. The summed E-state index contributed by atoms with van der Waals surface area (Å²) in [5.41, 5.74) is 1.04. The summed E-state index contributed by atoms with van der Waals surface area (Å²) in [4.78, 5) is 25.8. The van der Waals surface area contributed by atoms with Crippen molar-refractivity contribution in [3.63, 3.8) is 0 Å². The number of hydrogen-bond acceptors (Lipinski definition) is 4. The summed E-state index contributed by atoms with van der Waals surface area (Å²) in [5, 5.41) is 0.840. The van der Waals surface area contributed by atoms with Crippen LogP contribution in [0.1, 0.15) is 25.3 Å². The van der Waals surface area contributed by atoms with E-state index in [1.807, 2.05) is 0 Å². The monoisotopic (exact) mass is 359 g/mol. The highest BCUT2D eigenvalue weighted by Gasteiger charge is 2.13. The van der Waals surface area contributed by atoms with Crippen LogP contribution in [0.3, 0.4) is 0 Å². The van der Waals surface area contributed by atoms with Crippen LogP contribution in [0.4, 0.5) is 0 Å². The van der Waals surface area contributed by atoms with Gasteiger partial charge in [0.2, 0.25) is 0 Å². The Hall–Kier alpha value is -1.18. The van der Waals surface area contributed by atoms with Crippen molar-refractivity contribution in [2.24, 2.45) is 0 Å². The van der Waals surface area contributed by atoms with E-state index in [4.69, 9.17) is 4.84 Å². The van der Waals surface area contributed by atoms with Crippen molar-refractivity contribution in [2.75, 3.05) is 6.61 Å². The number of hydrogen-bond donors (Lipinski definition) is 0. The van der Waals surface area contributed by atoms with Crippen LogP contribution >= 0.6 is 22.6 Å². The zero-order valence-electron chi connectivity index (χ0n) is 10.3. The third kappa shape index (κ3) is 2.33. The first-order chi connectivity index (χ1) is 8.66. The Morgan fingerprint density at radius 3 is 3.00 bits per heavy atom. The van der Waals surface area contributed by atoms with Crippen molar-refractivity contribution < 1.29 is 4.84 Å². The van der Waals surface area contributed by atoms with E-state index in [9.17, 15) is 4.79 Å². The lowest BCUT2D eigenvalue weighted by Crippen LogP contribution is -2.31. The second-order valence-corrected chi connectivity index (χ2v) is 5.06. The van der Waals surface area contributed by atoms with Gasteiger partial charge in [0.15, 0.2) is 5.65 Å². The van der Waals surface area contributed by atoms with Gasteiger partial charge in [-0.2, -0.15) is 0 Å². The first-order valence-corrected chi connectivity index (χ1v) is 6.88. The molecule has 0 amide bonds. The molecule has 2 rings (SSSR count). The number of fused-ring (bicyclic) bond motifs is 1. The van der Waals surface area contributed by atoms with Crippen molar-refractivity contribution in [2.45, 2.75) is 26.7 Å². The lowest BCUT2D eigenvalue weighted by molar-refractivity contribution is 0.107. The van der Waals surface area contributed by atoms with E-state index in [2.05, 4.69) is 39.5 Å². The Morgan fingerprint density at radius 1 is 1.50 bits per heavy atom. The summed E-state index contributed by atoms with van der Waals surface area (Å²) >= 11 is 2.14. The minimum absolute atomic E-state index is 0.151. The molecule has 6 heteroatoms. The third-order valence-corrected chi connectivity index (χ3v) is 4.06. The molecule has 0 radical (unpaired) electrons. The van der Waals surface area contributed by atoms with Crippen molar-refractivity contribution in [1.29, 1.82) is 0 Å². The molecule has 0 atom stereocenters. The second-order valence-electron chi connectivity index (χ2n) is 3.99. The first kappa shape index (κ1) is 13.3. The van der Waals surface area contributed by atoms with Crippen LogP contribution in [0.2, 0.25) is 0 Å². The number of pyridine rings is 1. The fourth-order valence-corrected chi connectivity index (χ4v) is 2.22. The minimum atomic E-state index is -0.151. The van der Waals surface area contributed by atoms with E-state index < -0.39 is 0 Å². The van der Waals surface area contributed by atoms with Crippen LogP contribution in [0.5, 0.6) is 0 Å². The highest BCUT2D eigenvalue weighted by atomic mass is 127. The van der Waals surface area contributed by atoms with Gasteiger partial charge in [-0.05, 0) is 35.9 Å². The number of aromatic nitrogens is 3. The number of rotatable bonds is 4. The Balaban J connectivity index is 2.60.